The zero-order valence-corrected chi connectivity index (χ0v) is 8.90. The zero-order chi connectivity index (χ0) is 12.0. The second-order valence-corrected chi connectivity index (χ2v) is 3.07. The Hall–Kier alpha value is -1.50. The molecule has 7 heteroatoms. The van der Waals surface area contributed by atoms with Crippen molar-refractivity contribution in [2.45, 2.75) is 6.43 Å². The number of hydrogen-bond acceptors (Lipinski definition) is 5. The summed E-state index contributed by atoms with van der Waals surface area (Å²) in [7, 11) is 1.66. The highest BCUT2D eigenvalue weighted by atomic mass is 19.3. The normalized spacial score (nSPS) is 10.6. The molecule has 0 atom stereocenters. The van der Waals surface area contributed by atoms with Crippen LogP contribution < -0.4 is 10.2 Å². The standard InChI is InChI=1S/C9H14F2N4O/c1-12-8-4-13-5-9(14-8)15(2-3-16)6-7(10)11/h4-5,7,16H,2-3,6H2,1H3,(H,12,14). The molecule has 0 saturated carbocycles. The van der Waals surface area contributed by atoms with Crippen molar-refractivity contribution in [2.75, 3.05) is 37.0 Å². The number of alkyl halides is 2. The van der Waals surface area contributed by atoms with E-state index in [0.29, 0.717) is 11.6 Å². The van der Waals surface area contributed by atoms with Gasteiger partial charge >= 0.3 is 0 Å². The van der Waals surface area contributed by atoms with Gasteiger partial charge in [-0.1, -0.05) is 0 Å². The maximum absolute atomic E-state index is 12.3. The third-order valence-corrected chi connectivity index (χ3v) is 1.93. The van der Waals surface area contributed by atoms with E-state index in [1.807, 2.05) is 0 Å². The highest BCUT2D eigenvalue weighted by Gasteiger charge is 2.14. The van der Waals surface area contributed by atoms with Gasteiger partial charge in [0.2, 0.25) is 0 Å². The molecule has 1 aromatic heterocycles. The molecule has 0 bridgehead atoms. The average molecular weight is 232 g/mol. The minimum atomic E-state index is -2.48. The van der Waals surface area contributed by atoms with Crippen LogP contribution in [0.2, 0.25) is 0 Å². The van der Waals surface area contributed by atoms with Gasteiger partial charge in [-0.3, -0.25) is 4.98 Å². The molecule has 5 nitrogen and oxygen atoms in total. The second kappa shape index (κ2) is 6.16. The van der Waals surface area contributed by atoms with E-state index in [2.05, 4.69) is 15.3 Å². The zero-order valence-electron chi connectivity index (χ0n) is 8.90. The summed E-state index contributed by atoms with van der Waals surface area (Å²) in [6, 6.07) is 0. The summed E-state index contributed by atoms with van der Waals surface area (Å²) in [5.41, 5.74) is 0. The fourth-order valence-corrected chi connectivity index (χ4v) is 1.22. The molecule has 0 aliphatic rings. The predicted molar refractivity (Wildman–Crippen MR) is 56.9 cm³/mol. The Balaban J connectivity index is 2.82. The van der Waals surface area contributed by atoms with Gasteiger partial charge in [0.05, 0.1) is 25.5 Å². The summed E-state index contributed by atoms with van der Waals surface area (Å²) in [5, 5.41) is 11.6. The third-order valence-electron chi connectivity index (χ3n) is 1.93. The molecule has 1 aromatic rings. The van der Waals surface area contributed by atoms with Crippen molar-refractivity contribution in [3.63, 3.8) is 0 Å². The molecule has 0 saturated heterocycles. The molecule has 16 heavy (non-hydrogen) atoms. The van der Waals surface area contributed by atoms with Crippen molar-refractivity contribution < 1.29 is 13.9 Å². The summed E-state index contributed by atoms with van der Waals surface area (Å²) >= 11 is 0. The number of aliphatic hydroxyl groups excluding tert-OH is 1. The lowest BCUT2D eigenvalue weighted by Gasteiger charge is -2.22. The number of rotatable bonds is 6. The molecule has 0 aromatic carbocycles. The third kappa shape index (κ3) is 3.58. The van der Waals surface area contributed by atoms with Gasteiger partial charge in [-0.05, 0) is 0 Å². The molecule has 1 rings (SSSR count). The van der Waals surface area contributed by atoms with E-state index in [4.69, 9.17) is 5.11 Å². The number of aliphatic hydroxyl groups is 1. The van der Waals surface area contributed by atoms with Gasteiger partial charge in [-0.15, -0.1) is 0 Å². The van der Waals surface area contributed by atoms with Crippen LogP contribution in [0.4, 0.5) is 20.4 Å². The Morgan fingerprint density at radius 3 is 2.81 bits per heavy atom. The van der Waals surface area contributed by atoms with Crippen LogP contribution in [-0.4, -0.2) is 48.2 Å². The molecule has 0 radical (unpaired) electrons. The van der Waals surface area contributed by atoms with Crippen LogP contribution in [0.15, 0.2) is 12.4 Å². The van der Waals surface area contributed by atoms with Crippen molar-refractivity contribution in [2.24, 2.45) is 0 Å². The van der Waals surface area contributed by atoms with Crippen LogP contribution in [-0.2, 0) is 0 Å². The molecular weight excluding hydrogens is 218 g/mol. The number of nitrogens with one attached hydrogen (secondary N) is 1. The number of halogens is 2. The van der Waals surface area contributed by atoms with Gasteiger partial charge in [0, 0.05) is 13.6 Å². The van der Waals surface area contributed by atoms with Crippen LogP contribution in [0.1, 0.15) is 0 Å². The molecule has 2 N–H and O–H groups in total. The SMILES string of the molecule is CNc1cncc(N(CCO)CC(F)F)n1. The van der Waals surface area contributed by atoms with E-state index in [9.17, 15) is 8.78 Å². The van der Waals surface area contributed by atoms with Crippen molar-refractivity contribution in [3.8, 4) is 0 Å². The highest BCUT2D eigenvalue weighted by Crippen LogP contribution is 2.13. The summed E-state index contributed by atoms with van der Waals surface area (Å²) in [4.78, 5) is 9.23. The molecule has 0 aliphatic heterocycles. The van der Waals surface area contributed by atoms with Crippen LogP contribution in [0.25, 0.3) is 0 Å². The summed E-state index contributed by atoms with van der Waals surface area (Å²) in [5.74, 6) is 0.816. The first-order valence-electron chi connectivity index (χ1n) is 4.81. The molecule has 90 valence electrons. The van der Waals surface area contributed by atoms with Gasteiger partial charge in [0.15, 0.2) is 0 Å². The fraction of sp³-hybridized carbons (Fsp3) is 0.556. The van der Waals surface area contributed by atoms with Gasteiger partial charge in [0.1, 0.15) is 11.6 Å². The Labute approximate surface area is 92.1 Å². The maximum atomic E-state index is 12.3. The monoisotopic (exact) mass is 232 g/mol. The van der Waals surface area contributed by atoms with Gasteiger partial charge in [-0.25, -0.2) is 13.8 Å². The van der Waals surface area contributed by atoms with E-state index in [1.165, 1.54) is 17.3 Å². The lowest BCUT2D eigenvalue weighted by atomic mass is 10.4. The molecule has 0 spiro atoms. The van der Waals surface area contributed by atoms with E-state index in [1.54, 1.807) is 7.05 Å². The summed E-state index contributed by atoms with van der Waals surface area (Å²) in [6.07, 6.45) is 0.397. The molecule has 0 amide bonds. The minimum Gasteiger partial charge on any atom is -0.395 e. The van der Waals surface area contributed by atoms with Crippen LogP contribution >= 0.6 is 0 Å². The summed E-state index contributed by atoms with van der Waals surface area (Å²) in [6.45, 7) is -0.577. The molecule has 0 aliphatic carbocycles. The Morgan fingerprint density at radius 1 is 1.50 bits per heavy atom. The quantitative estimate of drug-likeness (QED) is 0.751. The van der Waals surface area contributed by atoms with E-state index < -0.39 is 13.0 Å². The van der Waals surface area contributed by atoms with E-state index >= 15 is 0 Å². The van der Waals surface area contributed by atoms with Crippen molar-refractivity contribution >= 4 is 11.6 Å². The first-order chi connectivity index (χ1) is 7.67. The minimum absolute atomic E-state index is 0.103. The topological polar surface area (TPSA) is 61.3 Å². The number of aromatic nitrogens is 2. The van der Waals surface area contributed by atoms with Crippen LogP contribution in [0.3, 0.4) is 0 Å². The van der Waals surface area contributed by atoms with Crippen molar-refractivity contribution in [1.29, 1.82) is 0 Å². The van der Waals surface area contributed by atoms with Crippen LogP contribution in [0, 0.1) is 0 Å². The van der Waals surface area contributed by atoms with Gasteiger partial charge < -0.3 is 15.3 Å². The molecule has 0 unspecified atom stereocenters. The lowest BCUT2D eigenvalue weighted by molar-refractivity contribution is 0.152. The number of anilines is 2. The predicted octanol–water partition coefficient (Wildman–Crippen LogP) is 0.582. The molecule has 0 fully saturated rings. The number of nitrogens with zero attached hydrogens (tertiary/aromatic N) is 3. The molecular formula is C9H14F2N4O. The maximum Gasteiger partial charge on any atom is 0.255 e. The van der Waals surface area contributed by atoms with Crippen molar-refractivity contribution in [1.82, 2.24) is 9.97 Å². The van der Waals surface area contributed by atoms with E-state index in [-0.39, 0.29) is 13.2 Å². The highest BCUT2D eigenvalue weighted by molar-refractivity contribution is 5.43. The lowest BCUT2D eigenvalue weighted by Crippen LogP contribution is -2.32. The first-order valence-corrected chi connectivity index (χ1v) is 4.81. The van der Waals surface area contributed by atoms with Crippen molar-refractivity contribution in [3.05, 3.63) is 12.4 Å². The largest absolute Gasteiger partial charge is 0.395 e. The van der Waals surface area contributed by atoms with E-state index in [0.717, 1.165) is 0 Å². The van der Waals surface area contributed by atoms with Gasteiger partial charge in [0.25, 0.3) is 6.43 Å². The molecule has 1 heterocycles. The average Bonchev–Trinajstić information content (AvgIpc) is 2.28. The van der Waals surface area contributed by atoms with Crippen LogP contribution in [0.5, 0.6) is 0 Å². The first kappa shape index (κ1) is 12.6. The Morgan fingerprint density at radius 2 is 2.25 bits per heavy atom. The Bertz CT molecular complexity index is 324. The smallest absolute Gasteiger partial charge is 0.255 e. The Kier molecular flexibility index (Phi) is 4.84. The van der Waals surface area contributed by atoms with Gasteiger partial charge in [-0.2, -0.15) is 0 Å². The number of hydrogen-bond donors (Lipinski definition) is 2. The summed E-state index contributed by atoms with van der Waals surface area (Å²) < 4.78 is 24.6. The second-order valence-electron chi connectivity index (χ2n) is 3.07. The fourth-order valence-electron chi connectivity index (χ4n) is 1.22.